The molecule has 2 rings (SSSR count). The number of carbonyl (C=O) groups excluding carboxylic acids is 2. The first-order valence-corrected chi connectivity index (χ1v) is 8.70. The van der Waals surface area contributed by atoms with Gasteiger partial charge in [-0.3, -0.25) is 0 Å². The van der Waals surface area contributed by atoms with Crippen molar-refractivity contribution in [3.05, 3.63) is 29.8 Å². The zero-order valence-corrected chi connectivity index (χ0v) is 16.3. The molecule has 0 bridgehead atoms. The van der Waals surface area contributed by atoms with Crippen LogP contribution in [0.2, 0.25) is 0 Å². The van der Waals surface area contributed by atoms with Crippen LogP contribution in [-0.4, -0.2) is 42.8 Å². The largest absolute Gasteiger partial charge is 0.516 e. The number of hydrogen-bond acceptors (Lipinski definition) is 8. The highest BCUT2D eigenvalue weighted by Gasteiger charge is 2.33. The van der Waals surface area contributed by atoms with Gasteiger partial charge in [-0.1, -0.05) is 12.1 Å². The molecule has 2 atom stereocenters. The first-order chi connectivity index (χ1) is 12.5. The fourth-order valence-corrected chi connectivity index (χ4v) is 2.36. The van der Waals surface area contributed by atoms with Crippen LogP contribution < -0.4 is 10.5 Å². The molecule has 0 aliphatic carbocycles. The summed E-state index contributed by atoms with van der Waals surface area (Å²) in [4.78, 5) is 23.5. The average Bonchev–Trinajstić information content (AvgIpc) is 2.90. The summed E-state index contributed by atoms with van der Waals surface area (Å²) >= 11 is 0. The summed E-state index contributed by atoms with van der Waals surface area (Å²) < 4.78 is 26.3. The normalized spacial score (nSPS) is 20.0. The van der Waals surface area contributed by atoms with Crippen LogP contribution >= 0.6 is 0 Å². The van der Waals surface area contributed by atoms with Crippen LogP contribution in [0.1, 0.15) is 46.2 Å². The minimum absolute atomic E-state index is 0.147. The molecule has 1 fully saturated rings. The van der Waals surface area contributed by atoms with Crippen molar-refractivity contribution < 1.29 is 33.3 Å². The zero-order chi connectivity index (χ0) is 20.2. The average molecular weight is 381 g/mol. The summed E-state index contributed by atoms with van der Waals surface area (Å²) in [7, 11) is 0. The van der Waals surface area contributed by atoms with E-state index in [1.165, 1.54) is 0 Å². The van der Waals surface area contributed by atoms with E-state index >= 15 is 0 Å². The first-order valence-electron chi connectivity index (χ1n) is 8.70. The lowest BCUT2D eigenvalue weighted by Gasteiger charge is -2.19. The van der Waals surface area contributed by atoms with E-state index in [0.29, 0.717) is 24.5 Å². The van der Waals surface area contributed by atoms with Crippen LogP contribution in [0.4, 0.5) is 4.79 Å². The van der Waals surface area contributed by atoms with E-state index in [1.807, 2.05) is 13.8 Å². The second-order valence-electron chi connectivity index (χ2n) is 7.69. The van der Waals surface area contributed by atoms with E-state index in [9.17, 15) is 9.59 Å². The topological polar surface area (TPSA) is 106 Å². The Balaban J connectivity index is 1.84. The Labute approximate surface area is 158 Å². The van der Waals surface area contributed by atoms with E-state index < -0.39 is 29.6 Å². The number of carbonyl (C=O) groups is 2. The maximum Gasteiger partial charge on any atom is 0.516 e. The van der Waals surface area contributed by atoms with Gasteiger partial charge in [-0.2, -0.15) is 0 Å². The van der Waals surface area contributed by atoms with Gasteiger partial charge in [-0.15, -0.1) is 0 Å². The Morgan fingerprint density at radius 2 is 1.89 bits per heavy atom. The number of hydrogen-bond donors (Lipinski definition) is 1. The molecule has 1 aliphatic heterocycles. The standard InChI is InChI=1S/C19H27NO7/c1-18(2,3)27-17(22)25-16(21)15(20)12-6-8-13(9-7-12)23-10-14-11-24-19(4,5)26-14/h6-9,14-15H,10-11,20H2,1-5H3/t14-,15+/m0/s1. The molecule has 1 aliphatic rings. The van der Waals surface area contributed by atoms with Crippen LogP contribution in [0.25, 0.3) is 0 Å². The van der Waals surface area contributed by atoms with Crippen molar-refractivity contribution in [2.75, 3.05) is 13.2 Å². The van der Waals surface area contributed by atoms with Crippen molar-refractivity contribution >= 4 is 12.1 Å². The monoisotopic (exact) mass is 381 g/mol. The Kier molecular flexibility index (Phi) is 6.46. The van der Waals surface area contributed by atoms with Crippen LogP contribution in [0.3, 0.4) is 0 Å². The molecule has 1 aromatic rings. The van der Waals surface area contributed by atoms with Gasteiger partial charge in [0, 0.05) is 0 Å². The van der Waals surface area contributed by atoms with Gasteiger partial charge in [0.05, 0.1) is 6.61 Å². The van der Waals surface area contributed by atoms with E-state index in [4.69, 9.17) is 24.7 Å². The van der Waals surface area contributed by atoms with Crippen LogP contribution in [0, 0.1) is 0 Å². The molecule has 0 unspecified atom stereocenters. The fraction of sp³-hybridized carbons (Fsp3) is 0.579. The minimum Gasteiger partial charge on any atom is -0.491 e. The Hall–Kier alpha value is -2.16. The van der Waals surface area contributed by atoms with Gasteiger partial charge in [0.25, 0.3) is 0 Å². The molecule has 8 nitrogen and oxygen atoms in total. The van der Waals surface area contributed by atoms with Crippen LogP contribution in [-0.2, 0) is 23.7 Å². The van der Waals surface area contributed by atoms with Crippen molar-refractivity contribution in [3.63, 3.8) is 0 Å². The third-order valence-corrected chi connectivity index (χ3v) is 3.57. The van der Waals surface area contributed by atoms with Crippen molar-refractivity contribution in [2.45, 2.75) is 58.2 Å². The van der Waals surface area contributed by atoms with Crippen molar-refractivity contribution in [3.8, 4) is 5.75 Å². The smallest absolute Gasteiger partial charge is 0.491 e. The summed E-state index contributed by atoms with van der Waals surface area (Å²) in [5, 5.41) is 0. The van der Waals surface area contributed by atoms with Gasteiger partial charge in [-0.05, 0) is 52.3 Å². The molecular weight excluding hydrogens is 354 g/mol. The van der Waals surface area contributed by atoms with Crippen molar-refractivity contribution in [1.82, 2.24) is 0 Å². The molecule has 27 heavy (non-hydrogen) atoms. The van der Waals surface area contributed by atoms with Gasteiger partial charge >= 0.3 is 12.1 Å². The van der Waals surface area contributed by atoms with Crippen LogP contribution in [0.5, 0.6) is 5.75 Å². The van der Waals surface area contributed by atoms with Crippen LogP contribution in [0.15, 0.2) is 24.3 Å². The Bertz CT molecular complexity index is 664. The SMILES string of the molecule is CC(C)(C)OC(=O)OC(=O)[C@H](N)c1ccc(OC[C@H]2COC(C)(C)O2)cc1. The molecule has 2 N–H and O–H groups in total. The molecule has 1 heterocycles. The predicted octanol–water partition coefficient (Wildman–Crippen LogP) is 2.70. The molecule has 0 amide bonds. The highest BCUT2D eigenvalue weighted by molar-refractivity contribution is 5.86. The minimum atomic E-state index is -1.11. The Morgan fingerprint density at radius 1 is 1.26 bits per heavy atom. The Morgan fingerprint density at radius 3 is 2.41 bits per heavy atom. The third-order valence-electron chi connectivity index (χ3n) is 3.57. The zero-order valence-electron chi connectivity index (χ0n) is 16.3. The number of esters is 1. The molecule has 0 radical (unpaired) electrons. The summed E-state index contributed by atoms with van der Waals surface area (Å²) in [6, 6.07) is 5.51. The summed E-state index contributed by atoms with van der Waals surface area (Å²) in [5.74, 6) is -0.893. The van der Waals surface area contributed by atoms with Gasteiger partial charge < -0.3 is 29.4 Å². The van der Waals surface area contributed by atoms with Gasteiger partial charge in [0.2, 0.25) is 0 Å². The molecular formula is C19H27NO7. The summed E-state index contributed by atoms with van der Waals surface area (Å²) in [6.45, 7) is 9.50. The van der Waals surface area contributed by atoms with E-state index in [0.717, 1.165) is 0 Å². The lowest BCUT2D eigenvalue weighted by Crippen LogP contribution is -2.30. The van der Waals surface area contributed by atoms with Gasteiger partial charge in [0.15, 0.2) is 5.79 Å². The molecule has 150 valence electrons. The lowest BCUT2D eigenvalue weighted by atomic mass is 10.1. The molecule has 1 saturated heterocycles. The van der Waals surface area contributed by atoms with E-state index in [-0.39, 0.29) is 6.10 Å². The lowest BCUT2D eigenvalue weighted by molar-refractivity contribution is -0.143. The quantitative estimate of drug-likeness (QED) is 0.613. The van der Waals surface area contributed by atoms with Crippen molar-refractivity contribution in [2.24, 2.45) is 5.73 Å². The maximum absolute atomic E-state index is 12.0. The molecule has 8 heteroatoms. The maximum atomic E-state index is 12.0. The van der Waals surface area contributed by atoms with Crippen molar-refractivity contribution in [1.29, 1.82) is 0 Å². The van der Waals surface area contributed by atoms with E-state index in [1.54, 1.807) is 45.0 Å². The van der Waals surface area contributed by atoms with Gasteiger partial charge in [-0.25, -0.2) is 9.59 Å². The second-order valence-corrected chi connectivity index (χ2v) is 7.69. The number of benzene rings is 1. The summed E-state index contributed by atoms with van der Waals surface area (Å²) in [6.07, 6.45) is -1.23. The highest BCUT2D eigenvalue weighted by Crippen LogP contribution is 2.24. The first kappa shape index (κ1) is 21.1. The van der Waals surface area contributed by atoms with Gasteiger partial charge in [0.1, 0.15) is 30.1 Å². The molecule has 0 spiro atoms. The fourth-order valence-electron chi connectivity index (χ4n) is 2.36. The third kappa shape index (κ3) is 6.82. The molecule has 1 aromatic carbocycles. The molecule has 0 aromatic heterocycles. The number of nitrogens with two attached hydrogens (primary N) is 1. The predicted molar refractivity (Wildman–Crippen MR) is 96.1 cm³/mol. The highest BCUT2D eigenvalue weighted by atomic mass is 16.8. The number of ether oxygens (including phenoxy) is 5. The second kappa shape index (κ2) is 8.24. The summed E-state index contributed by atoms with van der Waals surface area (Å²) in [5.41, 5.74) is 5.57. The van der Waals surface area contributed by atoms with E-state index in [2.05, 4.69) is 4.74 Å². The molecule has 0 saturated carbocycles. The number of rotatable bonds is 5.